The number of aryl methyl sites for hydroxylation is 2. The summed E-state index contributed by atoms with van der Waals surface area (Å²) in [6.45, 7) is 8.60. The molecule has 7 nitrogen and oxygen atoms in total. The Balaban J connectivity index is 2.07. The van der Waals surface area contributed by atoms with Gasteiger partial charge in [-0.2, -0.15) is 0 Å². The number of rotatable bonds is 11. The van der Waals surface area contributed by atoms with Crippen molar-refractivity contribution in [3.8, 4) is 0 Å². The standard InChI is InChI=1S/C30H36FN3O4S/c1-6-27(30(36)32-21(2)3)33(19-24-15-11-22(4)12-16-24)29(35)20-34(28-10-8-7-9-26(28)31)39(37,38)25-17-13-23(5)14-18-25/h7-18,21,27H,6,19-20H2,1-5H3,(H,32,36)/t27-/m1/s1. The lowest BCUT2D eigenvalue weighted by molar-refractivity contribution is -0.140. The van der Waals surface area contributed by atoms with Gasteiger partial charge in [0.25, 0.3) is 10.0 Å². The molecule has 208 valence electrons. The lowest BCUT2D eigenvalue weighted by atomic mass is 10.1. The molecule has 1 atom stereocenters. The van der Waals surface area contributed by atoms with E-state index in [0.29, 0.717) is 6.42 Å². The van der Waals surface area contributed by atoms with Crippen LogP contribution in [-0.4, -0.2) is 43.8 Å². The zero-order valence-electron chi connectivity index (χ0n) is 23.0. The number of hydrogen-bond acceptors (Lipinski definition) is 4. The van der Waals surface area contributed by atoms with Crippen LogP contribution in [-0.2, 0) is 26.2 Å². The molecule has 39 heavy (non-hydrogen) atoms. The third-order valence-corrected chi connectivity index (χ3v) is 8.07. The SMILES string of the molecule is CC[C@H](C(=O)NC(C)C)N(Cc1ccc(C)cc1)C(=O)CN(c1ccccc1F)S(=O)(=O)c1ccc(C)cc1. The molecule has 3 aromatic rings. The van der Waals surface area contributed by atoms with Gasteiger partial charge in [0, 0.05) is 12.6 Å². The molecule has 3 rings (SSSR count). The van der Waals surface area contributed by atoms with Crippen molar-refractivity contribution in [1.82, 2.24) is 10.2 Å². The molecule has 0 aliphatic carbocycles. The monoisotopic (exact) mass is 553 g/mol. The van der Waals surface area contributed by atoms with Crippen molar-refractivity contribution in [1.29, 1.82) is 0 Å². The zero-order valence-corrected chi connectivity index (χ0v) is 23.8. The van der Waals surface area contributed by atoms with Gasteiger partial charge in [0.2, 0.25) is 11.8 Å². The lowest BCUT2D eigenvalue weighted by Gasteiger charge is -2.33. The van der Waals surface area contributed by atoms with Crippen molar-refractivity contribution >= 4 is 27.5 Å². The molecule has 9 heteroatoms. The summed E-state index contributed by atoms with van der Waals surface area (Å²) >= 11 is 0. The van der Waals surface area contributed by atoms with E-state index >= 15 is 0 Å². The molecule has 2 amide bonds. The molecular formula is C30H36FN3O4S. The summed E-state index contributed by atoms with van der Waals surface area (Å²) in [4.78, 5) is 28.4. The predicted octanol–water partition coefficient (Wildman–Crippen LogP) is 4.97. The molecule has 0 bridgehead atoms. The minimum absolute atomic E-state index is 0.0705. The van der Waals surface area contributed by atoms with E-state index < -0.39 is 34.3 Å². The van der Waals surface area contributed by atoms with E-state index in [-0.39, 0.29) is 29.1 Å². The molecule has 0 saturated heterocycles. The van der Waals surface area contributed by atoms with Crippen LogP contribution in [0.2, 0.25) is 0 Å². The second-order valence-electron chi connectivity index (χ2n) is 9.87. The molecule has 0 aliphatic rings. The number of amides is 2. The van der Waals surface area contributed by atoms with Crippen LogP contribution in [0.25, 0.3) is 0 Å². The first-order valence-electron chi connectivity index (χ1n) is 12.9. The Morgan fingerprint density at radius 1 is 0.897 bits per heavy atom. The number of halogens is 1. The summed E-state index contributed by atoms with van der Waals surface area (Å²) in [6, 6.07) is 18.1. The number of para-hydroxylation sites is 1. The predicted molar refractivity (Wildman–Crippen MR) is 151 cm³/mol. The molecule has 0 aliphatic heterocycles. The van der Waals surface area contributed by atoms with Gasteiger partial charge in [-0.1, -0.05) is 66.6 Å². The number of hydrogen-bond donors (Lipinski definition) is 1. The highest BCUT2D eigenvalue weighted by atomic mass is 32.2. The number of nitrogens with one attached hydrogen (secondary N) is 1. The van der Waals surface area contributed by atoms with E-state index in [0.717, 1.165) is 27.1 Å². The van der Waals surface area contributed by atoms with E-state index in [4.69, 9.17) is 0 Å². The highest BCUT2D eigenvalue weighted by Crippen LogP contribution is 2.27. The average Bonchev–Trinajstić information content (AvgIpc) is 2.88. The van der Waals surface area contributed by atoms with Crippen LogP contribution in [0.4, 0.5) is 10.1 Å². The molecule has 0 radical (unpaired) electrons. The molecule has 1 N–H and O–H groups in total. The van der Waals surface area contributed by atoms with Gasteiger partial charge in [0.1, 0.15) is 18.4 Å². The fourth-order valence-corrected chi connectivity index (χ4v) is 5.62. The first kappa shape index (κ1) is 29.8. The first-order valence-corrected chi connectivity index (χ1v) is 14.4. The third kappa shape index (κ3) is 7.44. The van der Waals surface area contributed by atoms with Crippen LogP contribution in [0, 0.1) is 19.7 Å². The van der Waals surface area contributed by atoms with Crippen LogP contribution in [0.15, 0.2) is 77.7 Å². The Hall–Kier alpha value is -3.72. The van der Waals surface area contributed by atoms with E-state index in [1.165, 1.54) is 35.2 Å². The van der Waals surface area contributed by atoms with Crippen molar-refractivity contribution in [2.45, 2.75) is 64.6 Å². The molecule has 3 aromatic carbocycles. The van der Waals surface area contributed by atoms with Crippen molar-refractivity contribution in [2.75, 3.05) is 10.8 Å². The minimum atomic E-state index is -4.33. The normalized spacial score (nSPS) is 12.2. The first-order chi connectivity index (χ1) is 18.4. The lowest BCUT2D eigenvalue weighted by Crippen LogP contribution is -2.53. The zero-order chi connectivity index (χ0) is 28.7. The number of sulfonamides is 1. The average molecular weight is 554 g/mol. The maximum absolute atomic E-state index is 15.0. The largest absolute Gasteiger partial charge is 0.352 e. The Morgan fingerprint density at radius 2 is 1.46 bits per heavy atom. The van der Waals surface area contributed by atoms with Crippen LogP contribution in [0.3, 0.4) is 0 Å². The fourth-order valence-electron chi connectivity index (χ4n) is 4.20. The van der Waals surface area contributed by atoms with Crippen LogP contribution >= 0.6 is 0 Å². The number of carbonyl (C=O) groups excluding carboxylic acids is 2. The number of benzene rings is 3. The number of carbonyl (C=O) groups is 2. The second kappa shape index (κ2) is 12.9. The quantitative estimate of drug-likeness (QED) is 0.363. The topological polar surface area (TPSA) is 86.8 Å². The van der Waals surface area contributed by atoms with Crippen LogP contribution in [0.1, 0.15) is 43.9 Å². The van der Waals surface area contributed by atoms with Gasteiger partial charge in [0.05, 0.1) is 10.6 Å². The van der Waals surface area contributed by atoms with Gasteiger partial charge < -0.3 is 10.2 Å². The third-order valence-electron chi connectivity index (χ3n) is 6.30. The Bertz CT molecular complexity index is 1390. The fraction of sp³-hybridized carbons (Fsp3) is 0.333. The van der Waals surface area contributed by atoms with Gasteiger partial charge in [0.15, 0.2) is 0 Å². The van der Waals surface area contributed by atoms with Crippen LogP contribution < -0.4 is 9.62 Å². The van der Waals surface area contributed by atoms with Crippen molar-refractivity contribution < 1.29 is 22.4 Å². The number of nitrogens with zero attached hydrogens (tertiary/aromatic N) is 2. The van der Waals surface area contributed by atoms with Crippen LogP contribution in [0.5, 0.6) is 0 Å². The summed E-state index contributed by atoms with van der Waals surface area (Å²) in [5.41, 5.74) is 2.43. The van der Waals surface area contributed by atoms with E-state index in [1.807, 2.05) is 52.0 Å². The number of anilines is 1. The smallest absolute Gasteiger partial charge is 0.264 e. The highest BCUT2D eigenvalue weighted by molar-refractivity contribution is 7.92. The maximum Gasteiger partial charge on any atom is 0.264 e. The molecule has 0 fully saturated rings. The van der Waals surface area contributed by atoms with Crippen molar-refractivity contribution in [3.05, 3.63) is 95.3 Å². The highest BCUT2D eigenvalue weighted by Gasteiger charge is 2.34. The second-order valence-corrected chi connectivity index (χ2v) is 11.7. The summed E-state index contributed by atoms with van der Waals surface area (Å²) < 4.78 is 43.3. The summed E-state index contributed by atoms with van der Waals surface area (Å²) in [5, 5.41) is 2.85. The van der Waals surface area contributed by atoms with Crippen molar-refractivity contribution in [2.24, 2.45) is 0 Å². The summed E-state index contributed by atoms with van der Waals surface area (Å²) in [6.07, 6.45) is 0.306. The summed E-state index contributed by atoms with van der Waals surface area (Å²) in [5.74, 6) is -1.75. The molecule has 0 saturated carbocycles. The Labute approximate surface area is 230 Å². The van der Waals surface area contributed by atoms with Gasteiger partial charge in [-0.05, 0) is 63.9 Å². The van der Waals surface area contributed by atoms with E-state index in [1.54, 1.807) is 19.1 Å². The summed E-state index contributed by atoms with van der Waals surface area (Å²) in [7, 11) is -4.33. The molecule has 0 spiro atoms. The Kier molecular flexibility index (Phi) is 9.86. The maximum atomic E-state index is 15.0. The molecule has 0 unspecified atom stereocenters. The molecule has 0 aromatic heterocycles. The van der Waals surface area contributed by atoms with Gasteiger partial charge >= 0.3 is 0 Å². The van der Waals surface area contributed by atoms with Gasteiger partial charge in [-0.25, -0.2) is 12.8 Å². The minimum Gasteiger partial charge on any atom is -0.352 e. The van der Waals surface area contributed by atoms with E-state index in [2.05, 4.69) is 5.32 Å². The van der Waals surface area contributed by atoms with Gasteiger partial charge in [-0.3, -0.25) is 13.9 Å². The molecule has 0 heterocycles. The van der Waals surface area contributed by atoms with E-state index in [9.17, 15) is 22.4 Å². The van der Waals surface area contributed by atoms with Crippen molar-refractivity contribution in [3.63, 3.8) is 0 Å². The Morgan fingerprint density at radius 3 is 2.00 bits per heavy atom. The molecular weight excluding hydrogens is 517 g/mol. The van der Waals surface area contributed by atoms with Gasteiger partial charge in [-0.15, -0.1) is 0 Å².